The molecular formula is C18H19N3O4. The number of amides is 1. The van der Waals surface area contributed by atoms with Crippen molar-refractivity contribution in [1.82, 2.24) is 0 Å². The van der Waals surface area contributed by atoms with Crippen molar-refractivity contribution in [2.75, 3.05) is 11.9 Å². The zero-order chi connectivity index (χ0) is 18.4. The fourth-order valence-corrected chi connectivity index (χ4v) is 2.47. The second kappa shape index (κ2) is 8.05. The maximum atomic E-state index is 12.0. The highest BCUT2D eigenvalue weighted by atomic mass is 16.6. The first-order valence-electron chi connectivity index (χ1n) is 7.64. The van der Waals surface area contributed by atoms with Gasteiger partial charge in [0.1, 0.15) is 0 Å². The van der Waals surface area contributed by atoms with Crippen LogP contribution in [0.4, 0.5) is 11.4 Å². The van der Waals surface area contributed by atoms with Gasteiger partial charge in [-0.2, -0.15) is 0 Å². The molecule has 0 aliphatic carbocycles. The molecule has 0 aliphatic rings. The van der Waals surface area contributed by atoms with Crippen molar-refractivity contribution in [2.24, 2.45) is 5.16 Å². The fraction of sp³-hybridized carbons (Fsp3) is 0.222. The number of hydrogen-bond donors (Lipinski definition) is 1. The van der Waals surface area contributed by atoms with E-state index in [1.54, 1.807) is 12.1 Å². The predicted molar refractivity (Wildman–Crippen MR) is 95.9 cm³/mol. The van der Waals surface area contributed by atoms with Crippen molar-refractivity contribution in [3.05, 3.63) is 68.8 Å². The number of nitrogens with zero attached hydrogens (tertiary/aromatic N) is 2. The lowest BCUT2D eigenvalue weighted by molar-refractivity contribution is -0.384. The van der Waals surface area contributed by atoms with Crippen molar-refractivity contribution in [3.8, 4) is 0 Å². The van der Waals surface area contributed by atoms with Gasteiger partial charge in [-0.05, 0) is 31.9 Å². The second-order valence-corrected chi connectivity index (χ2v) is 5.68. The van der Waals surface area contributed by atoms with Crippen molar-refractivity contribution >= 4 is 23.5 Å². The number of nitrogens with one attached hydrogen (secondary N) is 1. The Bertz CT molecular complexity index is 808. The van der Waals surface area contributed by atoms with E-state index in [-0.39, 0.29) is 18.2 Å². The van der Waals surface area contributed by atoms with Gasteiger partial charge in [0.15, 0.2) is 6.61 Å². The Morgan fingerprint density at radius 2 is 1.92 bits per heavy atom. The van der Waals surface area contributed by atoms with Gasteiger partial charge in [-0.15, -0.1) is 0 Å². The number of carbonyl (C=O) groups is 1. The molecule has 130 valence electrons. The van der Waals surface area contributed by atoms with Crippen LogP contribution in [0.25, 0.3) is 0 Å². The Morgan fingerprint density at radius 3 is 2.56 bits per heavy atom. The molecule has 0 unspecified atom stereocenters. The third-order valence-corrected chi connectivity index (χ3v) is 3.49. The van der Waals surface area contributed by atoms with Crippen LogP contribution in [0.1, 0.15) is 22.3 Å². The number of benzene rings is 2. The SMILES string of the molecule is Cc1cc(C)c(NC(=O)CO/N=C\c2cccc([N+](=O)[O-])c2)c(C)c1. The lowest BCUT2D eigenvalue weighted by Crippen LogP contribution is -2.18. The molecule has 0 fully saturated rings. The summed E-state index contributed by atoms with van der Waals surface area (Å²) in [6, 6.07) is 9.94. The molecule has 0 bridgehead atoms. The summed E-state index contributed by atoms with van der Waals surface area (Å²) in [6.07, 6.45) is 1.32. The maximum Gasteiger partial charge on any atom is 0.270 e. The molecule has 0 saturated heterocycles. The highest BCUT2D eigenvalue weighted by molar-refractivity contribution is 5.93. The molecule has 1 amide bonds. The standard InChI is InChI=1S/C18H19N3O4/c1-12-7-13(2)18(14(3)8-12)20-17(22)11-25-19-10-15-5-4-6-16(9-15)21(23)24/h4-10H,11H2,1-3H3,(H,20,22)/b19-10-. The maximum absolute atomic E-state index is 12.0. The van der Waals surface area contributed by atoms with Gasteiger partial charge in [0.05, 0.1) is 11.1 Å². The van der Waals surface area contributed by atoms with Crippen LogP contribution < -0.4 is 5.32 Å². The van der Waals surface area contributed by atoms with Crippen LogP contribution in [-0.4, -0.2) is 23.7 Å². The van der Waals surface area contributed by atoms with Crippen LogP contribution in [0, 0.1) is 30.9 Å². The molecule has 0 heterocycles. The number of carbonyl (C=O) groups excluding carboxylic acids is 1. The van der Waals surface area contributed by atoms with E-state index in [1.165, 1.54) is 18.3 Å². The molecule has 1 N–H and O–H groups in total. The molecule has 25 heavy (non-hydrogen) atoms. The van der Waals surface area contributed by atoms with Crippen molar-refractivity contribution in [1.29, 1.82) is 0 Å². The van der Waals surface area contributed by atoms with E-state index in [2.05, 4.69) is 10.5 Å². The summed E-state index contributed by atoms with van der Waals surface area (Å²) in [5, 5.41) is 17.2. The summed E-state index contributed by atoms with van der Waals surface area (Å²) in [7, 11) is 0. The average molecular weight is 341 g/mol. The van der Waals surface area contributed by atoms with Crippen molar-refractivity contribution < 1.29 is 14.6 Å². The molecular weight excluding hydrogens is 322 g/mol. The number of anilines is 1. The van der Waals surface area contributed by atoms with Crippen LogP contribution in [0.5, 0.6) is 0 Å². The number of oxime groups is 1. The van der Waals surface area contributed by atoms with Crippen LogP contribution in [0.15, 0.2) is 41.6 Å². The Kier molecular flexibility index (Phi) is 5.84. The Morgan fingerprint density at radius 1 is 1.24 bits per heavy atom. The lowest BCUT2D eigenvalue weighted by atomic mass is 10.1. The first-order valence-corrected chi connectivity index (χ1v) is 7.64. The average Bonchev–Trinajstić information content (AvgIpc) is 2.55. The number of hydrogen-bond acceptors (Lipinski definition) is 5. The van der Waals surface area contributed by atoms with Gasteiger partial charge < -0.3 is 10.2 Å². The molecule has 0 saturated carbocycles. The molecule has 0 atom stereocenters. The molecule has 0 spiro atoms. The molecule has 2 aromatic carbocycles. The minimum Gasteiger partial charge on any atom is -0.386 e. The van der Waals surface area contributed by atoms with E-state index in [1.807, 2.05) is 32.9 Å². The molecule has 2 aromatic rings. The monoisotopic (exact) mass is 341 g/mol. The highest BCUT2D eigenvalue weighted by Crippen LogP contribution is 2.21. The number of rotatable bonds is 6. The molecule has 0 radical (unpaired) electrons. The van der Waals surface area contributed by atoms with E-state index in [0.29, 0.717) is 5.56 Å². The highest BCUT2D eigenvalue weighted by Gasteiger charge is 2.09. The van der Waals surface area contributed by atoms with E-state index >= 15 is 0 Å². The first-order chi connectivity index (χ1) is 11.9. The van der Waals surface area contributed by atoms with Crippen LogP contribution in [0.2, 0.25) is 0 Å². The number of nitro benzene ring substituents is 1. The zero-order valence-electron chi connectivity index (χ0n) is 14.3. The zero-order valence-corrected chi connectivity index (χ0v) is 14.3. The van der Waals surface area contributed by atoms with Gasteiger partial charge in [0.2, 0.25) is 0 Å². The normalized spacial score (nSPS) is 10.7. The summed E-state index contributed by atoms with van der Waals surface area (Å²) >= 11 is 0. The van der Waals surface area contributed by atoms with Gasteiger partial charge in [0.25, 0.3) is 11.6 Å². The minimum absolute atomic E-state index is 0.0352. The molecule has 0 aromatic heterocycles. The van der Waals surface area contributed by atoms with Crippen LogP contribution >= 0.6 is 0 Å². The smallest absolute Gasteiger partial charge is 0.270 e. The third-order valence-electron chi connectivity index (χ3n) is 3.49. The van der Waals surface area contributed by atoms with Crippen LogP contribution in [-0.2, 0) is 9.63 Å². The summed E-state index contributed by atoms with van der Waals surface area (Å²) in [4.78, 5) is 27.1. The van der Waals surface area contributed by atoms with E-state index in [9.17, 15) is 14.9 Å². The van der Waals surface area contributed by atoms with E-state index < -0.39 is 4.92 Å². The van der Waals surface area contributed by atoms with Gasteiger partial charge in [-0.3, -0.25) is 14.9 Å². The molecule has 7 heteroatoms. The van der Waals surface area contributed by atoms with Gasteiger partial charge in [-0.1, -0.05) is 35.0 Å². The molecule has 2 rings (SSSR count). The second-order valence-electron chi connectivity index (χ2n) is 5.68. The Balaban J connectivity index is 1.91. The molecule has 0 aliphatic heterocycles. The topological polar surface area (TPSA) is 93.8 Å². The summed E-state index contributed by atoms with van der Waals surface area (Å²) < 4.78 is 0. The Hall–Kier alpha value is -3.22. The fourth-order valence-electron chi connectivity index (χ4n) is 2.47. The van der Waals surface area contributed by atoms with Gasteiger partial charge >= 0.3 is 0 Å². The lowest BCUT2D eigenvalue weighted by Gasteiger charge is -2.12. The Labute approximate surface area is 145 Å². The number of aryl methyl sites for hydroxylation is 3. The first kappa shape index (κ1) is 18.1. The summed E-state index contributed by atoms with van der Waals surface area (Å²) in [6.45, 7) is 5.60. The quantitative estimate of drug-likeness (QED) is 0.494. The predicted octanol–water partition coefficient (Wildman–Crippen LogP) is 3.51. The van der Waals surface area contributed by atoms with Crippen LogP contribution in [0.3, 0.4) is 0 Å². The van der Waals surface area contributed by atoms with Crippen molar-refractivity contribution in [3.63, 3.8) is 0 Å². The molecule has 7 nitrogen and oxygen atoms in total. The van der Waals surface area contributed by atoms with Gasteiger partial charge in [-0.25, -0.2) is 0 Å². The largest absolute Gasteiger partial charge is 0.386 e. The van der Waals surface area contributed by atoms with E-state index in [0.717, 1.165) is 22.4 Å². The third kappa shape index (κ3) is 5.13. The number of non-ortho nitro benzene ring substituents is 1. The summed E-state index contributed by atoms with van der Waals surface area (Å²) in [5.74, 6) is -0.328. The summed E-state index contributed by atoms with van der Waals surface area (Å²) in [5.41, 5.74) is 4.33. The minimum atomic E-state index is -0.488. The van der Waals surface area contributed by atoms with E-state index in [4.69, 9.17) is 4.84 Å². The van der Waals surface area contributed by atoms with Gasteiger partial charge in [0, 0.05) is 23.4 Å². The number of nitro groups is 1. The van der Waals surface area contributed by atoms with Crippen molar-refractivity contribution in [2.45, 2.75) is 20.8 Å².